The van der Waals surface area contributed by atoms with Gasteiger partial charge in [-0.25, -0.2) is 5.43 Å². The molecule has 2 aromatic carbocycles. The number of ether oxygens (including phenoxy) is 2. The lowest BCUT2D eigenvalue weighted by Gasteiger charge is -2.14. The summed E-state index contributed by atoms with van der Waals surface area (Å²) in [4.78, 5) is 16.7. The predicted octanol–water partition coefficient (Wildman–Crippen LogP) is 3.93. The molecule has 1 amide bonds. The van der Waals surface area contributed by atoms with Gasteiger partial charge < -0.3 is 9.47 Å². The zero-order chi connectivity index (χ0) is 20.6. The van der Waals surface area contributed by atoms with E-state index in [2.05, 4.69) is 37.4 Å². The molecule has 0 aliphatic heterocycles. The average Bonchev–Trinajstić information content (AvgIpc) is 2.73. The molecule has 7 heteroatoms. The van der Waals surface area contributed by atoms with Gasteiger partial charge in [0.1, 0.15) is 23.6 Å². The summed E-state index contributed by atoms with van der Waals surface area (Å²) in [5.74, 6) is 3.12. The molecule has 0 saturated carbocycles. The molecule has 1 N–H and O–H groups in total. The lowest BCUT2D eigenvalue weighted by Crippen LogP contribution is -2.33. The van der Waals surface area contributed by atoms with Gasteiger partial charge in [-0.15, -0.1) is 6.42 Å². The molecule has 0 bridgehead atoms. The van der Waals surface area contributed by atoms with Crippen LogP contribution in [-0.4, -0.2) is 29.8 Å². The normalized spacial score (nSPS) is 11.8. The first kappa shape index (κ1) is 20.4. The van der Waals surface area contributed by atoms with Crippen LogP contribution in [0.25, 0.3) is 10.9 Å². The van der Waals surface area contributed by atoms with E-state index in [4.69, 9.17) is 15.9 Å². The topological polar surface area (TPSA) is 72.8 Å². The zero-order valence-electron chi connectivity index (χ0n) is 15.6. The van der Waals surface area contributed by atoms with Gasteiger partial charge in [0.15, 0.2) is 6.10 Å². The van der Waals surface area contributed by atoms with Gasteiger partial charge in [-0.05, 0) is 37.3 Å². The minimum Gasteiger partial charge on any atom is -0.480 e. The minimum atomic E-state index is -0.764. The summed E-state index contributed by atoms with van der Waals surface area (Å²) in [5.41, 5.74) is 3.84. The second-order valence-corrected chi connectivity index (χ2v) is 6.92. The largest absolute Gasteiger partial charge is 0.480 e. The van der Waals surface area contributed by atoms with Gasteiger partial charge in [-0.1, -0.05) is 40.0 Å². The third kappa shape index (κ3) is 5.33. The van der Waals surface area contributed by atoms with Crippen LogP contribution in [0.1, 0.15) is 12.5 Å². The van der Waals surface area contributed by atoms with Crippen LogP contribution in [0.5, 0.6) is 11.5 Å². The summed E-state index contributed by atoms with van der Waals surface area (Å²) in [5, 5.41) is 4.94. The molecule has 146 valence electrons. The minimum absolute atomic E-state index is 0.138. The molecule has 6 nitrogen and oxygen atoms in total. The monoisotopic (exact) mass is 451 g/mol. The Labute approximate surface area is 177 Å². The molecule has 29 heavy (non-hydrogen) atoms. The fourth-order valence-electron chi connectivity index (χ4n) is 2.54. The molecular formula is C22H18BrN3O3. The molecule has 0 spiro atoms. The third-order valence-corrected chi connectivity index (χ3v) is 4.42. The van der Waals surface area contributed by atoms with Crippen LogP contribution in [0.2, 0.25) is 0 Å². The number of terminal acetylenes is 1. The molecule has 0 aliphatic carbocycles. The van der Waals surface area contributed by atoms with Crippen molar-refractivity contribution in [1.29, 1.82) is 0 Å². The van der Waals surface area contributed by atoms with E-state index in [0.29, 0.717) is 22.6 Å². The number of aromatic nitrogens is 1. The molecule has 3 aromatic rings. The fraction of sp³-hybridized carbons (Fsp3) is 0.136. The standard InChI is InChI=1S/C22H18BrN3O3/c1-3-12-28-19-10-9-18(23)13-17(19)14-25-26-22(27)15(2)29-20-8-4-6-16-7-5-11-24-21(16)20/h1,4-11,13-15H,12H2,2H3,(H,26,27). The van der Waals surface area contributed by atoms with E-state index in [0.717, 1.165) is 9.86 Å². The fourth-order valence-corrected chi connectivity index (χ4v) is 2.92. The Balaban J connectivity index is 1.66. The van der Waals surface area contributed by atoms with Crippen LogP contribution in [0.3, 0.4) is 0 Å². The second-order valence-electron chi connectivity index (χ2n) is 6.00. The SMILES string of the molecule is C#CCOc1ccc(Br)cc1C=NNC(=O)C(C)Oc1cccc2cccnc12. The molecule has 0 radical (unpaired) electrons. The number of amides is 1. The molecule has 0 fully saturated rings. The Bertz CT molecular complexity index is 1090. The summed E-state index contributed by atoms with van der Waals surface area (Å²) >= 11 is 3.39. The highest BCUT2D eigenvalue weighted by Crippen LogP contribution is 2.24. The van der Waals surface area contributed by atoms with Crippen LogP contribution in [0, 0.1) is 12.3 Å². The van der Waals surface area contributed by atoms with E-state index in [9.17, 15) is 4.79 Å². The number of hydrazone groups is 1. The number of benzene rings is 2. The second kappa shape index (κ2) is 9.71. The Kier molecular flexibility index (Phi) is 6.82. The van der Waals surface area contributed by atoms with E-state index in [-0.39, 0.29) is 6.61 Å². The average molecular weight is 452 g/mol. The van der Waals surface area contributed by atoms with Crippen LogP contribution in [0.15, 0.2) is 64.3 Å². The molecule has 0 aliphatic rings. The maximum absolute atomic E-state index is 12.4. The van der Waals surface area contributed by atoms with Gasteiger partial charge in [0.25, 0.3) is 5.91 Å². The number of nitrogens with one attached hydrogen (secondary N) is 1. The Hall–Kier alpha value is -3.37. The highest BCUT2D eigenvalue weighted by atomic mass is 79.9. The van der Waals surface area contributed by atoms with Crippen LogP contribution < -0.4 is 14.9 Å². The smallest absolute Gasteiger partial charge is 0.280 e. The van der Waals surface area contributed by atoms with Crippen molar-refractivity contribution in [2.45, 2.75) is 13.0 Å². The number of halogens is 1. The van der Waals surface area contributed by atoms with E-state index < -0.39 is 12.0 Å². The number of hydrogen-bond donors (Lipinski definition) is 1. The van der Waals surface area contributed by atoms with Crippen molar-refractivity contribution in [3.63, 3.8) is 0 Å². The first-order chi connectivity index (χ1) is 14.1. The number of carbonyl (C=O) groups is 1. The summed E-state index contributed by atoms with van der Waals surface area (Å²) in [7, 11) is 0. The van der Waals surface area contributed by atoms with Gasteiger partial charge in [-0.3, -0.25) is 9.78 Å². The van der Waals surface area contributed by atoms with Gasteiger partial charge in [0, 0.05) is 21.6 Å². The predicted molar refractivity (Wildman–Crippen MR) is 116 cm³/mol. The molecule has 0 saturated heterocycles. The molecule has 1 aromatic heterocycles. The number of para-hydroxylation sites is 1. The van der Waals surface area contributed by atoms with Crippen molar-refractivity contribution < 1.29 is 14.3 Å². The number of hydrogen-bond acceptors (Lipinski definition) is 5. The summed E-state index contributed by atoms with van der Waals surface area (Å²) in [6.07, 6.45) is 7.64. The van der Waals surface area contributed by atoms with Crippen LogP contribution >= 0.6 is 15.9 Å². The molecule has 1 atom stereocenters. The van der Waals surface area contributed by atoms with Gasteiger partial charge in [0.2, 0.25) is 0 Å². The first-order valence-corrected chi connectivity index (χ1v) is 9.57. The number of fused-ring (bicyclic) bond motifs is 1. The van der Waals surface area contributed by atoms with Crippen molar-refractivity contribution in [3.05, 3.63) is 64.8 Å². The Morgan fingerprint density at radius 1 is 1.31 bits per heavy atom. The van der Waals surface area contributed by atoms with Gasteiger partial charge in [0.05, 0.1) is 6.21 Å². The van der Waals surface area contributed by atoms with Gasteiger partial charge >= 0.3 is 0 Å². The number of rotatable bonds is 7. The van der Waals surface area contributed by atoms with Crippen LogP contribution in [0.4, 0.5) is 0 Å². The van der Waals surface area contributed by atoms with Crippen molar-refractivity contribution in [1.82, 2.24) is 10.4 Å². The van der Waals surface area contributed by atoms with Crippen molar-refractivity contribution in [3.8, 4) is 23.8 Å². The number of pyridine rings is 1. The van der Waals surface area contributed by atoms with E-state index in [1.807, 2.05) is 36.4 Å². The van der Waals surface area contributed by atoms with Crippen molar-refractivity contribution in [2.24, 2.45) is 5.10 Å². The van der Waals surface area contributed by atoms with E-state index in [1.54, 1.807) is 25.3 Å². The Morgan fingerprint density at radius 3 is 2.97 bits per heavy atom. The summed E-state index contributed by atoms with van der Waals surface area (Å²) in [6, 6.07) is 14.7. The Morgan fingerprint density at radius 2 is 2.14 bits per heavy atom. The van der Waals surface area contributed by atoms with E-state index in [1.165, 1.54) is 6.21 Å². The molecule has 1 unspecified atom stereocenters. The highest BCUT2D eigenvalue weighted by molar-refractivity contribution is 9.10. The quantitative estimate of drug-likeness (QED) is 0.335. The molecule has 1 heterocycles. The highest BCUT2D eigenvalue weighted by Gasteiger charge is 2.15. The number of carbonyl (C=O) groups excluding carboxylic acids is 1. The van der Waals surface area contributed by atoms with Crippen LogP contribution in [-0.2, 0) is 4.79 Å². The maximum atomic E-state index is 12.4. The molecule has 3 rings (SSSR count). The van der Waals surface area contributed by atoms with Crippen molar-refractivity contribution in [2.75, 3.05) is 6.61 Å². The lowest BCUT2D eigenvalue weighted by atomic mass is 10.2. The zero-order valence-corrected chi connectivity index (χ0v) is 17.2. The summed E-state index contributed by atoms with van der Waals surface area (Å²) < 4.78 is 12.1. The maximum Gasteiger partial charge on any atom is 0.280 e. The van der Waals surface area contributed by atoms with Crippen molar-refractivity contribution >= 4 is 39.0 Å². The first-order valence-electron chi connectivity index (χ1n) is 8.77. The summed E-state index contributed by atoms with van der Waals surface area (Å²) in [6.45, 7) is 1.78. The van der Waals surface area contributed by atoms with Gasteiger partial charge in [-0.2, -0.15) is 5.10 Å². The molecular weight excluding hydrogens is 434 g/mol. The third-order valence-electron chi connectivity index (χ3n) is 3.93. The number of nitrogens with zero attached hydrogens (tertiary/aromatic N) is 2. The van der Waals surface area contributed by atoms with E-state index >= 15 is 0 Å². The lowest BCUT2D eigenvalue weighted by molar-refractivity contribution is -0.127.